The Morgan fingerprint density at radius 2 is 2.05 bits per heavy atom. The second-order valence-electron chi connectivity index (χ2n) is 6.54. The van der Waals surface area contributed by atoms with Gasteiger partial charge in [0.15, 0.2) is 5.96 Å². The summed E-state index contributed by atoms with van der Waals surface area (Å²) in [5, 5.41) is 3.48. The van der Waals surface area contributed by atoms with Gasteiger partial charge in [0.25, 0.3) is 0 Å². The third kappa shape index (κ3) is 5.99. The first kappa shape index (κ1) is 17.9. The highest BCUT2D eigenvalue weighted by molar-refractivity contribution is 7.98. The number of aliphatic imine (C=N–C) groups is 1. The van der Waals surface area contributed by atoms with Gasteiger partial charge in [-0.2, -0.15) is 11.8 Å². The molecule has 5 heteroatoms. The van der Waals surface area contributed by atoms with Gasteiger partial charge < -0.3 is 15.1 Å². The quantitative estimate of drug-likeness (QED) is 0.442. The van der Waals surface area contributed by atoms with Crippen molar-refractivity contribution in [2.45, 2.75) is 39.0 Å². The van der Waals surface area contributed by atoms with Gasteiger partial charge in [0, 0.05) is 32.7 Å². The molecule has 2 rings (SSSR count). The maximum atomic E-state index is 4.82. The molecular formula is C17H34N4S. The van der Waals surface area contributed by atoms with E-state index < -0.39 is 0 Å². The Labute approximate surface area is 141 Å². The third-order valence-corrected chi connectivity index (χ3v) is 5.35. The molecule has 0 aromatic rings. The van der Waals surface area contributed by atoms with E-state index in [1.807, 2.05) is 11.8 Å². The molecule has 4 nitrogen and oxygen atoms in total. The summed E-state index contributed by atoms with van der Waals surface area (Å²) in [7, 11) is 0. The molecule has 2 fully saturated rings. The molecule has 1 atom stereocenters. The van der Waals surface area contributed by atoms with Gasteiger partial charge in [-0.3, -0.25) is 4.99 Å². The SMILES string of the molecule is CCNC(=NCCCSC)N1CCC(CN2CCCCC2)C1. The zero-order chi connectivity index (χ0) is 15.6. The number of nitrogens with one attached hydrogen (secondary N) is 1. The number of hydrogen-bond donors (Lipinski definition) is 1. The molecule has 0 aromatic carbocycles. The first-order valence-corrected chi connectivity index (χ1v) is 10.5. The van der Waals surface area contributed by atoms with Gasteiger partial charge in [0.1, 0.15) is 0 Å². The average molecular weight is 327 g/mol. The molecule has 0 aromatic heterocycles. The zero-order valence-corrected chi connectivity index (χ0v) is 15.3. The van der Waals surface area contributed by atoms with E-state index in [1.54, 1.807) is 0 Å². The summed E-state index contributed by atoms with van der Waals surface area (Å²) in [5.41, 5.74) is 0. The van der Waals surface area contributed by atoms with Crippen LogP contribution in [0.25, 0.3) is 0 Å². The van der Waals surface area contributed by atoms with Gasteiger partial charge in [0.2, 0.25) is 0 Å². The average Bonchev–Trinajstić information content (AvgIpc) is 3.00. The molecule has 1 unspecified atom stereocenters. The lowest BCUT2D eigenvalue weighted by molar-refractivity contribution is 0.198. The number of likely N-dealkylation sites (tertiary alicyclic amines) is 2. The zero-order valence-electron chi connectivity index (χ0n) is 14.5. The van der Waals surface area contributed by atoms with Crippen molar-refractivity contribution in [2.24, 2.45) is 10.9 Å². The number of rotatable bonds is 7. The number of thioether (sulfide) groups is 1. The summed E-state index contributed by atoms with van der Waals surface area (Å²) in [6, 6.07) is 0. The Balaban J connectivity index is 1.77. The fourth-order valence-electron chi connectivity index (χ4n) is 3.50. The van der Waals surface area contributed by atoms with Crippen LogP contribution >= 0.6 is 11.8 Å². The van der Waals surface area contributed by atoms with Crippen LogP contribution in [0.2, 0.25) is 0 Å². The molecule has 2 heterocycles. The molecule has 128 valence electrons. The molecule has 0 bridgehead atoms. The number of hydrogen-bond acceptors (Lipinski definition) is 3. The van der Waals surface area contributed by atoms with Crippen molar-refractivity contribution in [3.05, 3.63) is 0 Å². The Morgan fingerprint density at radius 3 is 2.77 bits per heavy atom. The first-order valence-electron chi connectivity index (χ1n) is 9.08. The predicted molar refractivity (Wildman–Crippen MR) is 98.9 cm³/mol. The van der Waals surface area contributed by atoms with Crippen LogP contribution in [0.15, 0.2) is 4.99 Å². The van der Waals surface area contributed by atoms with E-state index in [2.05, 4.69) is 28.3 Å². The van der Waals surface area contributed by atoms with Crippen molar-refractivity contribution in [3.63, 3.8) is 0 Å². The molecule has 2 saturated heterocycles. The highest BCUT2D eigenvalue weighted by Gasteiger charge is 2.26. The summed E-state index contributed by atoms with van der Waals surface area (Å²) < 4.78 is 0. The van der Waals surface area contributed by atoms with Crippen molar-refractivity contribution in [1.29, 1.82) is 0 Å². The van der Waals surface area contributed by atoms with E-state index in [-0.39, 0.29) is 0 Å². The van der Waals surface area contributed by atoms with Crippen LogP contribution in [0.3, 0.4) is 0 Å². The fourth-order valence-corrected chi connectivity index (χ4v) is 3.92. The van der Waals surface area contributed by atoms with E-state index in [1.165, 1.54) is 70.6 Å². The monoisotopic (exact) mass is 326 g/mol. The van der Waals surface area contributed by atoms with E-state index in [0.29, 0.717) is 0 Å². The van der Waals surface area contributed by atoms with E-state index >= 15 is 0 Å². The van der Waals surface area contributed by atoms with Crippen LogP contribution in [0.1, 0.15) is 39.0 Å². The molecule has 1 N–H and O–H groups in total. The first-order chi connectivity index (χ1) is 10.8. The Kier molecular flexibility index (Phi) is 8.45. The predicted octanol–water partition coefficient (Wildman–Crippen LogP) is 2.51. The van der Waals surface area contributed by atoms with E-state index in [0.717, 1.165) is 25.0 Å². The van der Waals surface area contributed by atoms with Crippen LogP contribution in [-0.4, -0.2) is 73.6 Å². The molecule has 0 radical (unpaired) electrons. The van der Waals surface area contributed by atoms with Crippen molar-refractivity contribution in [2.75, 3.05) is 57.8 Å². The minimum atomic E-state index is 0.827. The summed E-state index contributed by atoms with van der Waals surface area (Å²) in [6.45, 7) is 10.4. The highest BCUT2D eigenvalue weighted by atomic mass is 32.2. The summed E-state index contributed by atoms with van der Waals surface area (Å²) in [4.78, 5) is 9.98. The molecule has 2 aliphatic heterocycles. The van der Waals surface area contributed by atoms with E-state index in [9.17, 15) is 0 Å². The summed E-state index contributed by atoms with van der Waals surface area (Å²) in [5.74, 6) is 3.18. The normalized spacial score (nSPS) is 24.0. The maximum absolute atomic E-state index is 4.82. The van der Waals surface area contributed by atoms with Gasteiger partial charge in [-0.25, -0.2) is 0 Å². The molecular weight excluding hydrogens is 292 g/mol. The number of guanidine groups is 1. The Hall–Kier alpha value is -0.420. The summed E-state index contributed by atoms with van der Waals surface area (Å²) in [6.07, 6.45) is 8.90. The molecule has 22 heavy (non-hydrogen) atoms. The largest absolute Gasteiger partial charge is 0.357 e. The van der Waals surface area contributed by atoms with Crippen LogP contribution in [0, 0.1) is 5.92 Å². The van der Waals surface area contributed by atoms with Gasteiger partial charge in [0.05, 0.1) is 0 Å². The van der Waals surface area contributed by atoms with Crippen LogP contribution in [0.5, 0.6) is 0 Å². The van der Waals surface area contributed by atoms with Crippen molar-refractivity contribution >= 4 is 17.7 Å². The molecule has 0 amide bonds. The lowest BCUT2D eigenvalue weighted by atomic mass is 10.1. The second kappa shape index (κ2) is 10.4. The molecule has 0 saturated carbocycles. The number of piperidine rings is 1. The fraction of sp³-hybridized carbons (Fsp3) is 0.941. The third-order valence-electron chi connectivity index (χ3n) is 4.65. The Bertz CT molecular complexity index is 329. The smallest absolute Gasteiger partial charge is 0.193 e. The standard InChI is InChI=1S/C17H34N4S/c1-3-18-17(19-9-7-13-22-2)21-12-8-16(15-21)14-20-10-5-4-6-11-20/h16H,3-15H2,1-2H3,(H,18,19). The van der Waals surface area contributed by atoms with Crippen LogP contribution in [-0.2, 0) is 0 Å². The highest BCUT2D eigenvalue weighted by Crippen LogP contribution is 2.20. The minimum Gasteiger partial charge on any atom is -0.357 e. The topological polar surface area (TPSA) is 30.9 Å². The van der Waals surface area contributed by atoms with Gasteiger partial charge in [-0.15, -0.1) is 0 Å². The van der Waals surface area contributed by atoms with Crippen molar-refractivity contribution < 1.29 is 0 Å². The van der Waals surface area contributed by atoms with Gasteiger partial charge in [-0.05, 0) is 63.6 Å². The minimum absolute atomic E-state index is 0.827. The van der Waals surface area contributed by atoms with Crippen molar-refractivity contribution in [1.82, 2.24) is 15.1 Å². The van der Waals surface area contributed by atoms with Gasteiger partial charge in [-0.1, -0.05) is 6.42 Å². The maximum Gasteiger partial charge on any atom is 0.193 e. The Morgan fingerprint density at radius 1 is 1.23 bits per heavy atom. The number of nitrogens with zero attached hydrogens (tertiary/aromatic N) is 3. The second-order valence-corrected chi connectivity index (χ2v) is 7.53. The molecule has 0 spiro atoms. The molecule has 0 aliphatic carbocycles. The van der Waals surface area contributed by atoms with Gasteiger partial charge >= 0.3 is 0 Å². The van der Waals surface area contributed by atoms with Crippen molar-refractivity contribution in [3.8, 4) is 0 Å². The lowest BCUT2D eigenvalue weighted by Gasteiger charge is -2.29. The lowest BCUT2D eigenvalue weighted by Crippen LogP contribution is -2.41. The molecule has 2 aliphatic rings. The van der Waals surface area contributed by atoms with E-state index in [4.69, 9.17) is 4.99 Å². The van der Waals surface area contributed by atoms with Crippen LogP contribution in [0.4, 0.5) is 0 Å². The van der Waals surface area contributed by atoms with Crippen LogP contribution < -0.4 is 5.32 Å². The summed E-state index contributed by atoms with van der Waals surface area (Å²) >= 11 is 1.91.